The molecule has 0 atom stereocenters. The molecular weight excluding hydrogens is 557 g/mol. The maximum Gasteiger partial charge on any atom is 1.00 e. The third-order valence-corrected chi connectivity index (χ3v) is 2.81. The van der Waals surface area contributed by atoms with Gasteiger partial charge in [0.25, 0.3) is 0 Å². The van der Waals surface area contributed by atoms with E-state index >= 15 is 0 Å². The molecule has 0 aromatic carbocycles. The zero-order valence-electron chi connectivity index (χ0n) is 20.9. The summed E-state index contributed by atoms with van der Waals surface area (Å²) < 4.78 is 81.6. The quantitative estimate of drug-likeness (QED) is 0.172. The topological polar surface area (TPSA) is 127 Å². The van der Waals surface area contributed by atoms with Gasteiger partial charge in [0.15, 0.2) is 17.3 Å². The van der Waals surface area contributed by atoms with E-state index in [4.69, 9.17) is 4.42 Å². The first kappa shape index (κ1) is 43.3. The number of hydrogen-bond acceptors (Lipinski definition) is 8. The van der Waals surface area contributed by atoms with E-state index in [1.165, 1.54) is 32.2 Å². The van der Waals surface area contributed by atoms with Crippen LogP contribution in [-0.4, -0.2) is 47.9 Å². The van der Waals surface area contributed by atoms with Crippen LogP contribution >= 0.6 is 0 Å². The van der Waals surface area contributed by atoms with Crippen molar-refractivity contribution in [2.45, 2.75) is 66.4 Å². The van der Waals surface area contributed by atoms with Crippen LogP contribution in [0.1, 0.15) is 69.6 Å². The maximum absolute atomic E-state index is 11.7. The van der Waals surface area contributed by atoms with Gasteiger partial charge in [-0.25, -0.2) is 4.79 Å². The van der Waals surface area contributed by atoms with Crippen molar-refractivity contribution in [1.29, 1.82) is 0 Å². The van der Waals surface area contributed by atoms with E-state index < -0.39 is 41.9 Å². The third-order valence-electron chi connectivity index (χ3n) is 2.81. The molecule has 0 radical (unpaired) electrons. The summed E-state index contributed by atoms with van der Waals surface area (Å²) in [4.78, 5) is 41.5. The van der Waals surface area contributed by atoms with E-state index in [-0.39, 0.29) is 77.0 Å². The van der Waals surface area contributed by atoms with Crippen molar-refractivity contribution < 1.29 is 116 Å². The molecule has 2 rings (SSSR count). The van der Waals surface area contributed by atoms with E-state index in [1.54, 1.807) is 32.9 Å². The molecule has 212 valence electrons. The maximum atomic E-state index is 11.7. The van der Waals surface area contributed by atoms with Gasteiger partial charge in [0.2, 0.25) is 11.6 Å². The van der Waals surface area contributed by atoms with Crippen LogP contribution in [0.15, 0.2) is 45.6 Å². The number of hydrogen-bond donors (Lipinski definition) is 0. The molecule has 0 amide bonds. The second-order valence-electron chi connectivity index (χ2n) is 7.36. The standard InChI is InChI=1S/C8H5F3O3.C6H6O2.C4H5F3O2.C4H9O.CH4.K/c9-8(10,11)7(13)4-5(12)6-2-1-3-14-6;1-5(7)6-3-2-4-8-6;1-2-9-3(8)4(5,6)7;1-4(2,3)5;;/h1-3H,4H2;2-4H,1H3;2H2,1H3;1-3H3;1H4;/q;;;-1;;+1. The molecule has 0 fully saturated rings. The molecule has 0 aliphatic heterocycles. The van der Waals surface area contributed by atoms with Crippen LogP contribution in [0, 0.1) is 0 Å². The number of furan rings is 2. The summed E-state index contributed by atoms with van der Waals surface area (Å²) in [6.07, 6.45) is -8.41. The summed E-state index contributed by atoms with van der Waals surface area (Å²) in [5, 5.41) is 10.1. The Morgan fingerprint density at radius 2 is 1.26 bits per heavy atom. The van der Waals surface area contributed by atoms with E-state index in [0.717, 1.165) is 6.26 Å². The number of ketones is 3. The molecule has 0 unspecified atom stereocenters. The van der Waals surface area contributed by atoms with Gasteiger partial charge in [-0.05, 0) is 31.2 Å². The smallest absolute Gasteiger partial charge is 0.850 e. The van der Waals surface area contributed by atoms with Gasteiger partial charge < -0.3 is 18.7 Å². The Morgan fingerprint density at radius 1 is 0.868 bits per heavy atom. The second-order valence-corrected chi connectivity index (χ2v) is 7.36. The number of rotatable bonds is 5. The minimum Gasteiger partial charge on any atom is -0.850 e. The Labute approximate surface area is 258 Å². The van der Waals surface area contributed by atoms with Crippen LogP contribution in [0.25, 0.3) is 0 Å². The molecule has 0 aliphatic rings. The Bertz CT molecular complexity index is 923. The number of ether oxygens (including phenoxy) is 1. The van der Waals surface area contributed by atoms with Gasteiger partial charge in [0, 0.05) is 6.92 Å². The normalized spacial score (nSPS) is 10.3. The van der Waals surface area contributed by atoms with Crippen molar-refractivity contribution in [3.8, 4) is 0 Å². The van der Waals surface area contributed by atoms with Gasteiger partial charge in [0.05, 0.1) is 25.6 Å². The molecule has 0 spiro atoms. The van der Waals surface area contributed by atoms with Gasteiger partial charge in [-0.15, -0.1) is 5.60 Å². The van der Waals surface area contributed by atoms with E-state index in [2.05, 4.69) is 9.15 Å². The molecule has 0 N–H and O–H groups in total. The number of alkyl halides is 6. The predicted molar refractivity (Wildman–Crippen MR) is 117 cm³/mol. The van der Waals surface area contributed by atoms with Crippen molar-refractivity contribution in [2.24, 2.45) is 0 Å². The Balaban J connectivity index is -0.000000212. The summed E-state index contributed by atoms with van der Waals surface area (Å²) in [6, 6.07) is 5.89. The van der Waals surface area contributed by atoms with Gasteiger partial charge in [0.1, 0.15) is 0 Å². The average Bonchev–Trinajstić information content (AvgIpc) is 3.40. The van der Waals surface area contributed by atoms with Crippen molar-refractivity contribution in [3.05, 3.63) is 48.3 Å². The minimum atomic E-state index is -4.97. The first-order valence-electron chi connectivity index (χ1n) is 9.85. The fourth-order valence-electron chi connectivity index (χ4n) is 1.46. The number of carbonyl (C=O) groups excluding carboxylic acids is 4. The average molecular weight is 587 g/mol. The Morgan fingerprint density at radius 3 is 1.47 bits per heavy atom. The summed E-state index contributed by atoms with van der Waals surface area (Å²) in [5.74, 6) is -5.04. The number of esters is 1. The van der Waals surface area contributed by atoms with E-state index in [9.17, 15) is 50.6 Å². The molecule has 2 heterocycles. The molecule has 38 heavy (non-hydrogen) atoms. The van der Waals surface area contributed by atoms with E-state index in [1.807, 2.05) is 0 Å². The van der Waals surface area contributed by atoms with Crippen molar-refractivity contribution in [3.63, 3.8) is 0 Å². The van der Waals surface area contributed by atoms with Crippen LogP contribution in [0.4, 0.5) is 26.3 Å². The van der Waals surface area contributed by atoms with E-state index in [0.29, 0.717) is 5.76 Å². The number of halogens is 6. The Kier molecular flexibility index (Phi) is 23.0. The van der Waals surface area contributed by atoms with Crippen molar-refractivity contribution >= 4 is 23.3 Å². The number of carbonyl (C=O) groups is 4. The zero-order chi connectivity index (χ0) is 28.7. The largest absolute Gasteiger partial charge is 1.00 e. The molecule has 8 nitrogen and oxygen atoms in total. The monoisotopic (exact) mass is 586 g/mol. The van der Waals surface area contributed by atoms with Crippen LogP contribution in [0.5, 0.6) is 0 Å². The van der Waals surface area contributed by atoms with Crippen LogP contribution in [0.3, 0.4) is 0 Å². The fraction of sp³-hybridized carbons (Fsp3) is 0.478. The summed E-state index contributed by atoms with van der Waals surface area (Å²) in [5.41, 5.74) is -0.750. The molecule has 0 aliphatic carbocycles. The minimum absolute atomic E-state index is 0. The van der Waals surface area contributed by atoms with Crippen molar-refractivity contribution in [2.75, 3.05) is 6.61 Å². The van der Waals surface area contributed by atoms with Gasteiger partial charge >= 0.3 is 69.7 Å². The Hall–Kier alpha value is -1.78. The van der Waals surface area contributed by atoms with Gasteiger partial charge in [-0.1, -0.05) is 28.2 Å². The second kappa shape index (κ2) is 20.2. The predicted octanol–water partition coefficient (Wildman–Crippen LogP) is 2.36. The summed E-state index contributed by atoms with van der Waals surface area (Å²) in [6.45, 7) is 7.42. The SMILES string of the molecule is C.CC(=O)c1ccco1.CC(C)(C)[O-].CCOC(=O)C(F)(F)F.O=C(CC(=O)C(F)(F)F)c1ccco1.[K+]. The molecule has 15 heteroatoms. The van der Waals surface area contributed by atoms with Gasteiger partial charge in [-0.3, -0.25) is 14.4 Å². The molecule has 2 aromatic heterocycles. The molecule has 0 saturated heterocycles. The molecule has 0 bridgehead atoms. The van der Waals surface area contributed by atoms with Gasteiger partial charge in [-0.2, -0.15) is 26.3 Å². The summed E-state index contributed by atoms with van der Waals surface area (Å²) >= 11 is 0. The first-order valence-corrected chi connectivity index (χ1v) is 9.85. The van der Waals surface area contributed by atoms with Crippen LogP contribution in [-0.2, 0) is 14.3 Å². The molecule has 2 aromatic rings. The third kappa shape index (κ3) is 24.5. The summed E-state index contributed by atoms with van der Waals surface area (Å²) in [7, 11) is 0. The molecular formula is C23H29F6KO8. The fourth-order valence-corrected chi connectivity index (χ4v) is 1.46. The van der Waals surface area contributed by atoms with Crippen LogP contribution in [0.2, 0.25) is 0 Å². The van der Waals surface area contributed by atoms with Crippen molar-refractivity contribution in [1.82, 2.24) is 0 Å². The first-order chi connectivity index (χ1) is 16.2. The molecule has 0 saturated carbocycles. The zero-order valence-corrected chi connectivity index (χ0v) is 24.0. The van der Waals surface area contributed by atoms with Crippen LogP contribution < -0.4 is 56.5 Å². The number of Topliss-reactive ketones (excluding diaryl/α,β-unsaturated/α-hetero) is 3.